The lowest BCUT2D eigenvalue weighted by Gasteiger charge is -2.13. The van der Waals surface area contributed by atoms with Gasteiger partial charge in [0.25, 0.3) is 0 Å². The van der Waals surface area contributed by atoms with Gasteiger partial charge in [0.1, 0.15) is 0 Å². The van der Waals surface area contributed by atoms with Crippen LogP contribution in [0.5, 0.6) is 5.75 Å². The summed E-state index contributed by atoms with van der Waals surface area (Å²) in [5, 5.41) is 6.39. The normalized spacial score (nSPS) is 11.3. The number of halogens is 1. The number of ether oxygens (including phenoxy) is 1. The molecule has 0 unspecified atom stereocenters. The molecule has 0 saturated heterocycles. The van der Waals surface area contributed by atoms with Gasteiger partial charge in [-0.2, -0.15) is 0 Å². The molecule has 0 aliphatic carbocycles. The Morgan fingerprint density at radius 2 is 2.04 bits per heavy atom. The van der Waals surface area contributed by atoms with Gasteiger partial charge in [0.15, 0.2) is 17.5 Å². The Hall–Kier alpha value is -2.50. The predicted molar refractivity (Wildman–Crippen MR) is 90.2 cm³/mol. The zero-order valence-electron chi connectivity index (χ0n) is 13.6. The standard InChI is InChI=1S/C17H23FN4O/c1-3-23-16-7-6-14(12-15(16)18)13-21-17(19-2)20-8-11-22-9-4-5-10-22/h4-7,9-10,12H,3,8,11,13H2,1-2H3,(H2,19,20,21). The second-order valence-corrected chi connectivity index (χ2v) is 4.97. The van der Waals surface area contributed by atoms with Crippen LogP contribution in [0.1, 0.15) is 12.5 Å². The Kier molecular flexibility index (Phi) is 6.47. The number of aromatic nitrogens is 1. The highest BCUT2D eigenvalue weighted by atomic mass is 19.1. The highest BCUT2D eigenvalue weighted by Crippen LogP contribution is 2.18. The van der Waals surface area contributed by atoms with Crippen molar-refractivity contribution >= 4 is 5.96 Å². The number of rotatable bonds is 7. The molecule has 2 N–H and O–H groups in total. The molecule has 1 aromatic heterocycles. The van der Waals surface area contributed by atoms with Gasteiger partial charge in [0.05, 0.1) is 6.61 Å². The molecular formula is C17H23FN4O. The second kappa shape index (κ2) is 8.82. The summed E-state index contributed by atoms with van der Waals surface area (Å²) in [5.74, 6) is 0.624. The largest absolute Gasteiger partial charge is 0.491 e. The summed E-state index contributed by atoms with van der Waals surface area (Å²) in [5.41, 5.74) is 0.833. The van der Waals surface area contributed by atoms with Crippen LogP contribution in [-0.2, 0) is 13.1 Å². The van der Waals surface area contributed by atoms with E-state index in [9.17, 15) is 4.39 Å². The second-order valence-electron chi connectivity index (χ2n) is 4.97. The van der Waals surface area contributed by atoms with E-state index in [0.29, 0.717) is 19.1 Å². The molecule has 0 amide bonds. The summed E-state index contributed by atoms with van der Waals surface area (Å²) in [6, 6.07) is 8.96. The van der Waals surface area contributed by atoms with Gasteiger partial charge in [-0.3, -0.25) is 4.99 Å². The van der Waals surface area contributed by atoms with Gasteiger partial charge < -0.3 is 19.9 Å². The Bertz CT molecular complexity index is 626. The topological polar surface area (TPSA) is 50.6 Å². The smallest absolute Gasteiger partial charge is 0.191 e. The first kappa shape index (κ1) is 16.9. The van der Waals surface area contributed by atoms with Crippen molar-refractivity contribution in [2.45, 2.75) is 20.0 Å². The van der Waals surface area contributed by atoms with E-state index in [1.807, 2.05) is 37.5 Å². The van der Waals surface area contributed by atoms with E-state index >= 15 is 0 Å². The SMILES string of the molecule is CCOc1ccc(CNC(=NC)NCCn2cccc2)cc1F. The summed E-state index contributed by atoms with van der Waals surface area (Å²) in [6.45, 7) is 4.38. The third-order valence-corrected chi connectivity index (χ3v) is 3.31. The zero-order chi connectivity index (χ0) is 16.5. The van der Waals surface area contributed by atoms with Gasteiger partial charge in [0.2, 0.25) is 0 Å². The van der Waals surface area contributed by atoms with E-state index in [0.717, 1.165) is 18.7 Å². The van der Waals surface area contributed by atoms with E-state index in [2.05, 4.69) is 20.2 Å². The summed E-state index contributed by atoms with van der Waals surface area (Å²) in [7, 11) is 1.71. The van der Waals surface area contributed by atoms with Crippen molar-refractivity contribution in [3.63, 3.8) is 0 Å². The molecule has 1 heterocycles. The summed E-state index contributed by atoms with van der Waals surface area (Å²) >= 11 is 0. The molecule has 2 rings (SSSR count). The molecule has 0 saturated carbocycles. The fourth-order valence-corrected chi connectivity index (χ4v) is 2.16. The molecule has 23 heavy (non-hydrogen) atoms. The highest BCUT2D eigenvalue weighted by Gasteiger charge is 2.05. The van der Waals surface area contributed by atoms with Crippen molar-refractivity contribution in [1.82, 2.24) is 15.2 Å². The molecule has 0 aliphatic heterocycles. The average Bonchev–Trinajstić information content (AvgIpc) is 3.06. The number of benzene rings is 1. The van der Waals surface area contributed by atoms with Crippen molar-refractivity contribution < 1.29 is 9.13 Å². The molecule has 6 heteroatoms. The molecule has 5 nitrogen and oxygen atoms in total. The van der Waals surface area contributed by atoms with Crippen LogP contribution in [0.25, 0.3) is 0 Å². The maximum atomic E-state index is 13.8. The Morgan fingerprint density at radius 1 is 1.26 bits per heavy atom. The van der Waals surface area contributed by atoms with E-state index in [1.54, 1.807) is 13.1 Å². The van der Waals surface area contributed by atoms with Crippen molar-refractivity contribution in [2.75, 3.05) is 20.2 Å². The van der Waals surface area contributed by atoms with Gasteiger partial charge in [-0.1, -0.05) is 6.07 Å². The maximum Gasteiger partial charge on any atom is 0.191 e. The van der Waals surface area contributed by atoms with Gasteiger partial charge in [-0.05, 0) is 36.8 Å². The number of hydrogen-bond donors (Lipinski definition) is 2. The molecule has 0 radical (unpaired) electrons. The minimum atomic E-state index is -0.346. The van der Waals surface area contributed by atoms with E-state index in [1.165, 1.54) is 6.07 Å². The van der Waals surface area contributed by atoms with Crippen LogP contribution in [0, 0.1) is 5.82 Å². The summed E-state index contributed by atoms with van der Waals surface area (Å²) in [6.07, 6.45) is 4.03. The number of nitrogens with one attached hydrogen (secondary N) is 2. The van der Waals surface area contributed by atoms with Crippen LogP contribution < -0.4 is 15.4 Å². The van der Waals surface area contributed by atoms with Crippen LogP contribution in [0.2, 0.25) is 0 Å². The quantitative estimate of drug-likeness (QED) is 0.609. The van der Waals surface area contributed by atoms with Crippen molar-refractivity contribution in [3.8, 4) is 5.75 Å². The lowest BCUT2D eigenvalue weighted by atomic mass is 10.2. The van der Waals surface area contributed by atoms with Crippen LogP contribution in [-0.4, -0.2) is 30.7 Å². The van der Waals surface area contributed by atoms with Crippen LogP contribution >= 0.6 is 0 Å². The van der Waals surface area contributed by atoms with Crippen LogP contribution in [0.4, 0.5) is 4.39 Å². The molecule has 0 aliphatic rings. The van der Waals surface area contributed by atoms with Crippen molar-refractivity contribution in [1.29, 1.82) is 0 Å². The van der Waals surface area contributed by atoms with Crippen LogP contribution in [0.15, 0.2) is 47.7 Å². The third-order valence-electron chi connectivity index (χ3n) is 3.31. The molecule has 2 aromatic rings. The molecular weight excluding hydrogens is 295 g/mol. The molecule has 0 atom stereocenters. The fourth-order valence-electron chi connectivity index (χ4n) is 2.16. The number of aliphatic imine (C=N–C) groups is 1. The molecule has 0 bridgehead atoms. The Balaban J connectivity index is 1.79. The van der Waals surface area contributed by atoms with Gasteiger partial charge in [-0.15, -0.1) is 0 Å². The van der Waals surface area contributed by atoms with Gasteiger partial charge in [-0.25, -0.2) is 4.39 Å². The Labute approximate surface area is 136 Å². The molecule has 124 valence electrons. The predicted octanol–water partition coefficient (Wildman–Crippen LogP) is 2.39. The van der Waals surface area contributed by atoms with Gasteiger partial charge in [0, 0.05) is 39.1 Å². The van der Waals surface area contributed by atoms with E-state index in [-0.39, 0.29) is 11.6 Å². The van der Waals surface area contributed by atoms with Crippen molar-refractivity contribution in [2.24, 2.45) is 4.99 Å². The first-order valence-electron chi connectivity index (χ1n) is 7.69. The first-order valence-corrected chi connectivity index (χ1v) is 7.69. The first-order chi connectivity index (χ1) is 11.2. The van der Waals surface area contributed by atoms with Crippen LogP contribution in [0.3, 0.4) is 0 Å². The molecule has 0 fully saturated rings. The lowest BCUT2D eigenvalue weighted by molar-refractivity contribution is 0.321. The minimum Gasteiger partial charge on any atom is -0.491 e. The monoisotopic (exact) mass is 318 g/mol. The molecule has 0 spiro atoms. The number of nitrogens with zero attached hydrogens (tertiary/aromatic N) is 2. The third kappa shape index (κ3) is 5.32. The average molecular weight is 318 g/mol. The van der Waals surface area contributed by atoms with E-state index in [4.69, 9.17) is 4.74 Å². The van der Waals surface area contributed by atoms with Crippen molar-refractivity contribution in [3.05, 3.63) is 54.1 Å². The molecule has 1 aromatic carbocycles. The minimum absolute atomic E-state index is 0.283. The number of hydrogen-bond acceptors (Lipinski definition) is 2. The summed E-state index contributed by atoms with van der Waals surface area (Å²) in [4.78, 5) is 4.16. The lowest BCUT2D eigenvalue weighted by Crippen LogP contribution is -2.38. The maximum absolute atomic E-state index is 13.8. The Morgan fingerprint density at radius 3 is 2.70 bits per heavy atom. The van der Waals surface area contributed by atoms with E-state index < -0.39 is 0 Å². The fraction of sp³-hybridized carbons (Fsp3) is 0.353. The number of guanidine groups is 1. The summed E-state index contributed by atoms with van der Waals surface area (Å²) < 4.78 is 21.1. The zero-order valence-corrected chi connectivity index (χ0v) is 13.6. The highest BCUT2D eigenvalue weighted by molar-refractivity contribution is 5.79. The van der Waals surface area contributed by atoms with Gasteiger partial charge >= 0.3 is 0 Å².